The molecule has 9 heteroatoms. The maximum absolute atomic E-state index is 12.7. The van der Waals surface area contributed by atoms with Crippen molar-refractivity contribution >= 4 is 40.0 Å². The number of nitrogens with zero attached hydrogens (tertiary/aromatic N) is 5. The third-order valence-corrected chi connectivity index (χ3v) is 5.89. The average Bonchev–Trinajstić information content (AvgIpc) is 3.33. The van der Waals surface area contributed by atoms with Gasteiger partial charge in [-0.15, -0.1) is 0 Å². The summed E-state index contributed by atoms with van der Waals surface area (Å²) >= 11 is 6.38. The highest BCUT2D eigenvalue weighted by Crippen LogP contribution is 2.28. The largest absolute Gasteiger partial charge is 0.344 e. The van der Waals surface area contributed by atoms with E-state index in [2.05, 4.69) is 30.2 Å². The van der Waals surface area contributed by atoms with Crippen LogP contribution in [0.2, 0.25) is 5.02 Å². The summed E-state index contributed by atoms with van der Waals surface area (Å²) in [5.41, 5.74) is 2.06. The zero-order valence-corrected chi connectivity index (χ0v) is 17.9. The van der Waals surface area contributed by atoms with E-state index in [1.54, 1.807) is 30.2 Å². The summed E-state index contributed by atoms with van der Waals surface area (Å²) in [6, 6.07) is 7.64. The molecule has 4 heterocycles. The predicted octanol–water partition coefficient (Wildman–Crippen LogP) is 4.11. The van der Waals surface area contributed by atoms with Crippen molar-refractivity contribution in [3.05, 3.63) is 58.2 Å². The number of benzene rings is 1. The van der Waals surface area contributed by atoms with Gasteiger partial charge in [-0.05, 0) is 43.5 Å². The van der Waals surface area contributed by atoms with Crippen LogP contribution in [0, 0.1) is 0 Å². The molecule has 1 aliphatic rings. The molecule has 0 amide bonds. The molecule has 0 unspecified atom stereocenters. The Balaban J connectivity index is 1.51. The molecule has 4 aromatic rings. The van der Waals surface area contributed by atoms with Gasteiger partial charge in [0.15, 0.2) is 5.82 Å². The van der Waals surface area contributed by atoms with E-state index in [0.29, 0.717) is 28.2 Å². The second kappa shape index (κ2) is 8.03. The molecule has 0 atom stereocenters. The molecular formula is C22H22ClN7O. The van der Waals surface area contributed by atoms with Crippen molar-refractivity contribution < 1.29 is 0 Å². The van der Waals surface area contributed by atoms with Crippen LogP contribution in [0.25, 0.3) is 22.3 Å². The van der Waals surface area contributed by atoms with Gasteiger partial charge in [0.25, 0.3) is 5.56 Å². The number of halogens is 1. The molecule has 0 radical (unpaired) electrons. The lowest BCUT2D eigenvalue weighted by atomic mass is 10.1. The zero-order valence-electron chi connectivity index (χ0n) is 17.1. The number of aromatic amines is 1. The molecule has 158 valence electrons. The summed E-state index contributed by atoms with van der Waals surface area (Å²) in [6.45, 7) is 1.92. The molecule has 5 rings (SSSR count). The van der Waals surface area contributed by atoms with Crippen LogP contribution in [-0.4, -0.2) is 37.6 Å². The van der Waals surface area contributed by atoms with Crippen LogP contribution in [-0.2, 0) is 7.05 Å². The maximum Gasteiger partial charge on any atom is 0.261 e. The van der Waals surface area contributed by atoms with Crippen LogP contribution < -0.4 is 15.8 Å². The lowest BCUT2D eigenvalue weighted by Crippen LogP contribution is -2.31. The third kappa shape index (κ3) is 3.74. The highest BCUT2D eigenvalue weighted by molar-refractivity contribution is 6.32. The number of fused-ring (bicyclic) bond motifs is 1. The van der Waals surface area contributed by atoms with Crippen molar-refractivity contribution in [2.24, 2.45) is 7.05 Å². The van der Waals surface area contributed by atoms with E-state index in [4.69, 9.17) is 11.6 Å². The minimum atomic E-state index is -0.104. The highest BCUT2D eigenvalue weighted by atomic mass is 35.5. The van der Waals surface area contributed by atoms with E-state index in [-0.39, 0.29) is 5.56 Å². The van der Waals surface area contributed by atoms with Gasteiger partial charge in [-0.25, -0.2) is 9.97 Å². The first-order valence-electron chi connectivity index (χ1n) is 10.3. The molecule has 3 aromatic heterocycles. The van der Waals surface area contributed by atoms with E-state index in [0.717, 1.165) is 42.5 Å². The Kier molecular flexibility index (Phi) is 5.07. The fourth-order valence-corrected chi connectivity index (χ4v) is 4.11. The number of nitrogens with one attached hydrogen (secondary N) is 2. The van der Waals surface area contributed by atoms with Gasteiger partial charge in [0.1, 0.15) is 10.8 Å². The second-order valence-corrected chi connectivity index (χ2v) is 8.08. The lowest BCUT2D eigenvalue weighted by Gasteiger charge is -2.26. The SMILES string of the molecule is Cn1c(=O)c(-c2ncc[nH]2)cc2cc(Nc3nc(N4CCCCC4)ncc3Cl)ccc21. The Morgan fingerprint density at radius 2 is 1.97 bits per heavy atom. The molecule has 0 bridgehead atoms. The first-order chi connectivity index (χ1) is 15.1. The van der Waals surface area contributed by atoms with Gasteiger partial charge in [0.05, 0.1) is 17.3 Å². The topological polar surface area (TPSA) is 91.7 Å². The van der Waals surface area contributed by atoms with Crippen LogP contribution in [0.15, 0.2) is 47.7 Å². The number of pyridine rings is 1. The van der Waals surface area contributed by atoms with Gasteiger partial charge < -0.3 is 19.8 Å². The Morgan fingerprint density at radius 3 is 2.74 bits per heavy atom. The standard InChI is InChI=1S/C22H22ClN7O/c1-29-18-6-5-15(11-14(18)12-16(21(29)31)19-24-7-8-25-19)27-20-17(23)13-26-22(28-20)30-9-3-2-4-10-30/h5-8,11-13H,2-4,9-10H2,1H3,(H,24,25)(H,26,27,28). The maximum atomic E-state index is 12.7. The van der Waals surface area contributed by atoms with Crippen molar-refractivity contribution in [2.75, 3.05) is 23.3 Å². The van der Waals surface area contributed by atoms with Crippen LogP contribution in [0.4, 0.5) is 17.5 Å². The lowest BCUT2D eigenvalue weighted by molar-refractivity contribution is 0.568. The first-order valence-corrected chi connectivity index (χ1v) is 10.7. The molecule has 1 saturated heterocycles. The molecule has 31 heavy (non-hydrogen) atoms. The van der Waals surface area contributed by atoms with Gasteiger partial charge in [-0.2, -0.15) is 4.98 Å². The van der Waals surface area contributed by atoms with E-state index in [1.807, 2.05) is 24.3 Å². The van der Waals surface area contributed by atoms with Crippen molar-refractivity contribution in [2.45, 2.75) is 19.3 Å². The number of rotatable bonds is 4. The van der Waals surface area contributed by atoms with E-state index in [1.165, 1.54) is 6.42 Å². The number of hydrogen-bond acceptors (Lipinski definition) is 6. The monoisotopic (exact) mass is 435 g/mol. The first kappa shape index (κ1) is 19.6. The number of aromatic nitrogens is 5. The second-order valence-electron chi connectivity index (χ2n) is 7.67. The normalized spacial score (nSPS) is 14.2. The summed E-state index contributed by atoms with van der Waals surface area (Å²) < 4.78 is 1.63. The van der Waals surface area contributed by atoms with E-state index in [9.17, 15) is 4.79 Å². The minimum absolute atomic E-state index is 0.104. The Hall–Kier alpha value is -3.39. The Bertz CT molecular complexity index is 1290. The summed E-state index contributed by atoms with van der Waals surface area (Å²) in [7, 11) is 1.76. The quantitative estimate of drug-likeness (QED) is 0.501. The number of H-pyrrole nitrogens is 1. The highest BCUT2D eigenvalue weighted by Gasteiger charge is 2.16. The molecule has 8 nitrogen and oxygen atoms in total. The Morgan fingerprint density at radius 1 is 1.13 bits per heavy atom. The van der Waals surface area contributed by atoms with Crippen LogP contribution in [0.5, 0.6) is 0 Å². The van der Waals surface area contributed by atoms with Crippen molar-refractivity contribution in [3.8, 4) is 11.4 Å². The minimum Gasteiger partial charge on any atom is -0.344 e. The molecule has 0 aliphatic carbocycles. The fourth-order valence-electron chi connectivity index (χ4n) is 3.97. The molecule has 1 aromatic carbocycles. The molecule has 0 saturated carbocycles. The summed E-state index contributed by atoms with van der Waals surface area (Å²) in [4.78, 5) is 31.2. The van der Waals surface area contributed by atoms with E-state index >= 15 is 0 Å². The number of hydrogen-bond donors (Lipinski definition) is 2. The zero-order chi connectivity index (χ0) is 21.4. The number of aryl methyl sites for hydroxylation is 1. The summed E-state index contributed by atoms with van der Waals surface area (Å²) in [6.07, 6.45) is 8.52. The number of imidazole rings is 1. The molecule has 0 spiro atoms. The van der Waals surface area contributed by atoms with Crippen LogP contribution in [0.3, 0.4) is 0 Å². The van der Waals surface area contributed by atoms with Crippen LogP contribution >= 0.6 is 11.6 Å². The smallest absolute Gasteiger partial charge is 0.261 e. The molecule has 1 fully saturated rings. The molecule has 2 N–H and O–H groups in total. The van der Waals surface area contributed by atoms with Crippen LogP contribution in [0.1, 0.15) is 19.3 Å². The average molecular weight is 436 g/mol. The Labute approximate surface area is 183 Å². The van der Waals surface area contributed by atoms with Gasteiger partial charge in [-0.3, -0.25) is 4.79 Å². The number of piperidine rings is 1. The van der Waals surface area contributed by atoms with Gasteiger partial charge >= 0.3 is 0 Å². The number of anilines is 3. The van der Waals surface area contributed by atoms with Crippen molar-refractivity contribution in [3.63, 3.8) is 0 Å². The summed E-state index contributed by atoms with van der Waals surface area (Å²) in [5.74, 6) is 1.80. The van der Waals surface area contributed by atoms with Gasteiger partial charge in [0.2, 0.25) is 5.95 Å². The molecule has 1 aliphatic heterocycles. The van der Waals surface area contributed by atoms with Crippen molar-refractivity contribution in [1.82, 2.24) is 24.5 Å². The fraction of sp³-hybridized carbons (Fsp3) is 0.273. The molecular weight excluding hydrogens is 414 g/mol. The summed E-state index contributed by atoms with van der Waals surface area (Å²) in [5, 5.41) is 4.67. The van der Waals surface area contributed by atoms with Crippen molar-refractivity contribution in [1.29, 1.82) is 0 Å². The van der Waals surface area contributed by atoms with Gasteiger partial charge in [-0.1, -0.05) is 11.6 Å². The predicted molar refractivity (Wildman–Crippen MR) is 123 cm³/mol. The van der Waals surface area contributed by atoms with Gasteiger partial charge in [0, 0.05) is 43.6 Å². The van der Waals surface area contributed by atoms with E-state index < -0.39 is 0 Å². The third-order valence-electron chi connectivity index (χ3n) is 5.61.